The number of ether oxygens (including phenoxy) is 1. The van der Waals surface area contributed by atoms with Crippen molar-refractivity contribution in [2.24, 2.45) is 20.6 Å². The van der Waals surface area contributed by atoms with E-state index in [0.29, 0.717) is 12.5 Å². The Balaban J connectivity index is 0.000000841. The molecule has 0 N–H and O–H groups in total. The van der Waals surface area contributed by atoms with Crippen LogP contribution < -0.4 is 0 Å². The molecule has 58 heavy (non-hydrogen) atoms. The number of aliphatic imine (C=N–C) groups is 1. The molecule has 0 aromatic heterocycles. The molecule has 5 heteroatoms. The maximum Gasteiger partial charge on any atom is 0.152 e. The summed E-state index contributed by atoms with van der Waals surface area (Å²) < 4.78 is 5.27. The summed E-state index contributed by atoms with van der Waals surface area (Å²) in [6.45, 7) is 17.1. The molecule has 340 valence electrons. The molecule has 0 amide bonds. The number of ketones is 1. The predicted molar refractivity (Wildman–Crippen MR) is 257 cm³/mol. The molecule has 2 aliphatic rings. The summed E-state index contributed by atoms with van der Waals surface area (Å²) in [4.78, 5) is 15.6. The Hall–Kier alpha value is -1.78. The van der Waals surface area contributed by atoms with Gasteiger partial charge in [0.05, 0.1) is 6.26 Å². The van der Waals surface area contributed by atoms with E-state index in [1.54, 1.807) is 6.92 Å². The number of azo groups is 1. The lowest BCUT2D eigenvalue weighted by Crippen LogP contribution is -2.20. The van der Waals surface area contributed by atoms with Gasteiger partial charge >= 0.3 is 0 Å². The van der Waals surface area contributed by atoms with Crippen molar-refractivity contribution in [1.29, 1.82) is 0 Å². The molecule has 0 fully saturated rings. The molecule has 2 rings (SSSR count). The van der Waals surface area contributed by atoms with Gasteiger partial charge in [0.1, 0.15) is 17.4 Å². The first-order valence-corrected chi connectivity index (χ1v) is 25.7. The number of allylic oxidation sites excluding steroid dienone is 1. The summed E-state index contributed by atoms with van der Waals surface area (Å²) in [5, 5.41) is 7.86. The number of unbranched alkanes of at least 4 members (excludes halogenated alkanes) is 32. The van der Waals surface area contributed by atoms with Crippen molar-refractivity contribution in [1.82, 2.24) is 0 Å². The van der Waals surface area contributed by atoms with Gasteiger partial charge in [-0.15, -0.1) is 5.11 Å². The molecule has 0 bridgehead atoms. The van der Waals surface area contributed by atoms with Crippen molar-refractivity contribution < 1.29 is 9.53 Å². The zero-order valence-corrected chi connectivity index (χ0v) is 40.2. The second-order valence-corrected chi connectivity index (χ2v) is 18.6. The summed E-state index contributed by atoms with van der Waals surface area (Å²) in [5.41, 5.74) is 1.33. The highest BCUT2D eigenvalue weighted by atomic mass is 16.5. The van der Waals surface area contributed by atoms with Gasteiger partial charge in [0.25, 0.3) is 0 Å². The van der Waals surface area contributed by atoms with Crippen molar-refractivity contribution in [2.45, 2.75) is 292 Å². The average molecular weight is 812 g/mol. The molecular formula is C53H101N3O2. The Labute approximate surface area is 363 Å². The molecule has 0 aromatic rings. The van der Waals surface area contributed by atoms with Crippen molar-refractivity contribution in [3.05, 3.63) is 24.2 Å². The maximum absolute atomic E-state index is 11.4. The third-order valence-corrected chi connectivity index (χ3v) is 12.3. The van der Waals surface area contributed by atoms with Crippen LogP contribution >= 0.6 is 0 Å². The second-order valence-electron chi connectivity index (χ2n) is 18.6. The smallest absolute Gasteiger partial charge is 0.152 e. The van der Waals surface area contributed by atoms with E-state index in [4.69, 9.17) is 4.74 Å². The number of nitrogens with zero attached hydrogens (tertiary/aromatic N) is 3. The first-order valence-electron chi connectivity index (χ1n) is 25.7. The highest BCUT2D eigenvalue weighted by Crippen LogP contribution is 2.26. The number of hydrogen-bond donors (Lipinski definition) is 0. The van der Waals surface area contributed by atoms with Crippen LogP contribution in [0.4, 0.5) is 0 Å². The van der Waals surface area contributed by atoms with E-state index in [9.17, 15) is 4.79 Å². The zero-order valence-electron chi connectivity index (χ0n) is 40.2. The molecule has 0 atom stereocenters. The SMILES string of the molecule is C=C1CC(CCCCCCCCCCCCCC)=CO1.CCCCCCCCCCCCCC(C)(C)C(C)=O.CCCCCCCCCCCCCCC1=NCN=N1. The van der Waals surface area contributed by atoms with Crippen molar-refractivity contribution in [2.75, 3.05) is 6.67 Å². The van der Waals surface area contributed by atoms with E-state index in [2.05, 4.69) is 56.4 Å². The predicted octanol–water partition coefficient (Wildman–Crippen LogP) is 19.1. The van der Waals surface area contributed by atoms with E-state index in [-0.39, 0.29) is 5.41 Å². The molecule has 2 aliphatic heterocycles. The van der Waals surface area contributed by atoms with Gasteiger partial charge in [-0.2, -0.15) is 5.11 Å². The molecule has 2 heterocycles. The van der Waals surface area contributed by atoms with E-state index < -0.39 is 0 Å². The van der Waals surface area contributed by atoms with Gasteiger partial charge in [0.2, 0.25) is 0 Å². The topological polar surface area (TPSA) is 63.4 Å². The van der Waals surface area contributed by atoms with Gasteiger partial charge in [-0.3, -0.25) is 4.79 Å². The summed E-state index contributed by atoms with van der Waals surface area (Å²) in [6, 6.07) is 0. The van der Waals surface area contributed by atoms with Crippen LogP contribution in [0.2, 0.25) is 0 Å². The lowest BCUT2D eigenvalue weighted by atomic mass is 9.83. The Morgan fingerprint density at radius 2 is 0.897 bits per heavy atom. The van der Waals surface area contributed by atoms with Gasteiger partial charge in [-0.05, 0) is 38.2 Å². The molecule has 0 aromatic carbocycles. The summed E-state index contributed by atoms with van der Waals surface area (Å²) in [6.07, 6.45) is 55.0. The first kappa shape index (κ1) is 56.2. The van der Waals surface area contributed by atoms with Crippen LogP contribution in [0.1, 0.15) is 292 Å². The standard InChI is InChI=1S/C19H34O.C18H36O.C16H31N3/c1-3-4-5-6-7-8-9-10-11-12-13-14-15-19-16-18(2)20-17-19;1-5-6-7-8-9-10-11-12-13-14-15-16-18(3,4)17(2)19;1-2-3-4-5-6-7-8-9-10-11-12-13-14-16-17-15-18-19-16/h17H,2-16H2,1H3;5-16H2,1-4H3;2-15H2,1H3. The van der Waals surface area contributed by atoms with Crippen molar-refractivity contribution in [3.8, 4) is 0 Å². The quantitative estimate of drug-likeness (QED) is 0.0581. The molecule has 5 nitrogen and oxygen atoms in total. The Kier molecular flexibility index (Phi) is 42.0. The fraction of sp³-hybridized carbons (Fsp3) is 0.887. The summed E-state index contributed by atoms with van der Waals surface area (Å²) in [7, 11) is 0. The molecule has 0 aliphatic carbocycles. The maximum atomic E-state index is 11.4. The number of amidine groups is 1. The minimum Gasteiger partial charge on any atom is -0.470 e. The summed E-state index contributed by atoms with van der Waals surface area (Å²) in [5.74, 6) is 2.21. The van der Waals surface area contributed by atoms with E-state index >= 15 is 0 Å². The number of rotatable bonds is 39. The van der Waals surface area contributed by atoms with Gasteiger partial charge in [-0.1, -0.05) is 253 Å². The van der Waals surface area contributed by atoms with Gasteiger partial charge in [0, 0.05) is 18.3 Å². The van der Waals surface area contributed by atoms with E-state index in [1.807, 2.05) is 6.26 Å². The van der Waals surface area contributed by atoms with Gasteiger partial charge in [-0.25, -0.2) is 4.99 Å². The minimum absolute atomic E-state index is 0.0979. The Morgan fingerprint density at radius 1 is 0.552 bits per heavy atom. The van der Waals surface area contributed by atoms with Crippen LogP contribution in [0.25, 0.3) is 0 Å². The fourth-order valence-electron chi connectivity index (χ4n) is 7.76. The highest BCUT2D eigenvalue weighted by molar-refractivity contribution is 5.83. The van der Waals surface area contributed by atoms with Crippen LogP contribution in [0, 0.1) is 5.41 Å². The van der Waals surface area contributed by atoms with Crippen LogP contribution in [0.3, 0.4) is 0 Å². The van der Waals surface area contributed by atoms with E-state index in [0.717, 1.165) is 30.9 Å². The average Bonchev–Trinajstić information content (AvgIpc) is 3.90. The lowest BCUT2D eigenvalue weighted by molar-refractivity contribution is -0.125. The third-order valence-electron chi connectivity index (χ3n) is 12.3. The van der Waals surface area contributed by atoms with Crippen molar-refractivity contribution >= 4 is 11.6 Å². The molecule has 0 saturated heterocycles. The molecule has 0 unspecified atom stereocenters. The van der Waals surface area contributed by atoms with Crippen molar-refractivity contribution in [3.63, 3.8) is 0 Å². The third kappa shape index (κ3) is 39.7. The van der Waals surface area contributed by atoms with E-state index in [1.165, 1.54) is 237 Å². The minimum atomic E-state index is -0.0979. The lowest BCUT2D eigenvalue weighted by Gasteiger charge is -2.20. The highest BCUT2D eigenvalue weighted by Gasteiger charge is 2.22. The second kappa shape index (κ2) is 43.3. The molecule has 0 spiro atoms. The monoisotopic (exact) mass is 812 g/mol. The first-order chi connectivity index (χ1) is 28.3. The fourth-order valence-corrected chi connectivity index (χ4v) is 7.76. The number of carbonyl (C=O) groups is 1. The number of Topliss-reactive ketones (excluding diaryl/α,β-unsaturated/α-hetero) is 1. The summed E-state index contributed by atoms with van der Waals surface area (Å²) >= 11 is 0. The molecule has 0 saturated carbocycles. The van der Waals surface area contributed by atoms with Crippen LogP contribution in [0.5, 0.6) is 0 Å². The van der Waals surface area contributed by atoms with Gasteiger partial charge in [0.15, 0.2) is 6.67 Å². The largest absolute Gasteiger partial charge is 0.470 e. The normalized spacial score (nSPS) is 13.4. The Bertz CT molecular complexity index is 1010. The van der Waals surface area contributed by atoms with Crippen LogP contribution in [-0.2, 0) is 9.53 Å². The van der Waals surface area contributed by atoms with Crippen LogP contribution in [-0.4, -0.2) is 18.3 Å². The molecular weight excluding hydrogens is 711 g/mol. The van der Waals surface area contributed by atoms with Crippen LogP contribution in [0.15, 0.2) is 39.4 Å². The number of carbonyl (C=O) groups excluding carboxylic acids is 1. The number of hydrogen-bond acceptors (Lipinski definition) is 5. The van der Waals surface area contributed by atoms with Gasteiger partial charge < -0.3 is 4.74 Å². The molecule has 0 radical (unpaired) electrons. The Morgan fingerprint density at radius 3 is 1.21 bits per heavy atom. The zero-order chi connectivity index (χ0) is 42.6.